The molecule has 21 heavy (non-hydrogen) atoms. The molecule has 2 rings (SSSR count). The van der Waals surface area contributed by atoms with Crippen molar-refractivity contribution in [2.45, 2.75) is 19.9 Å². The topological polar surface area (TPSA) is 49.3 Å². The molecule has 1 amide bonds. The van der Waals surface area contributed by atoms with Crippen molar-refractivity contribution in [3.63, 3.8) is 0 Å². The summed E-state index contributed by atoms with van der Waals surface area (Å²) in [6, 6.07) is 11.5. The van der Waals surface area contributed by atoms with Crippen molar-refractivity contribution in [2.24, 2.45) is 0 Å². The van der Waals surface area contributed by atoms with Crippen molar-refractivity contribution < 1.29 is 9.90 Å². The smallest absolute Gasteiger partial charge is 0.251 e. The second-order valence-corrected chi connectivity index (χ2v) is 5.63. The number of nitrogens with one attached hydrogen (secondary N) is 1. The van der Waals surface area contributed by atoms with Gasteiger partial charge in [-0.15, -0.1) is 11.3 Å². The fraction of sp³-hybridized carbons (Fsp3) is 0.235. The summed E-state index contributed by atoms with van der Waals surface area (Å²) in [4.78, 5) is 14.0. The van der Waals surface area contributed by atoms with Gasteiger partial charge in [0.15, 0.2) is 0 Å². The molecule has 0 atom stereocenters. The number of benzene rings is 1. The molecule has 108 valence electrons. The molecule has 1 heterocycles. The fourth-order valence-corrected chi connectivity index (χ4v) is 2.65. The van der Waals surface area contributed by atoms with Crippen molar-refractivity contribution in [3.05, 3.63) is 57.3 Å². The molecular formula is C17H17NO2S. The molecule has 0 unspecified atom stereocenters. The van der Waals surface area contributed by atoms with E-state index < -0.39 is 0 Å². The van der Waals surface area contributed by atoms with Crippen LogP contribution in [-0.4, -0.2) is 17.6 Å². The van der Waals surface area contributed by atoms with E-state index in [0.717, 1.165) is 16.2 Å². The summed E-state index contributed by atoms with van der Waals surface area (Å²) >= 11 is 1.52. The molecule has 2 N–H and O–H groups in total. The summed E-state index contributed by atoms with van der Waals surface area (Å²) in [5, 5.41) is 11.5. The maximum absolute atomic E-state index is 12.0. The summed E-state index contributed by atoms with van der Waals surface area (Å²) < 4.78 is 0. The van der Waals surface area contributed by atoms with E-state index in [1.54, 1.807) is 0 Å². The first kappa shape index (κ1) is 15.3. The van der Waals surface area contributed by atoms with Gasteiger partial charge in [0, 0.05) is 10.4 Å². The largest absolute Gasteiger partial charge is 0.384 e. The van der Waals surface area contributed by atoms with Gasteiger partial charge < -0.3 is 10.4 Å². The predicted octanol–water partition coefficient (Wildman–Crippen LogP) is 2.58. The van der Waals surface area contributed by atoms with Crippen LogP contribution >= 0.6 is 11.3 Å². The van der Waals surface area contributed by atoms with Crippen molar-refractivity contribution in [1.29, 1.82) is 0 Å². The Bertz CT molecular complexity index is 662. The van der Waals surface area contributed by atoms with Gasteiger partial charge in [-0.05, 0) is 36.2 Å². The summed E-state index contributed by atoms with van der Waals surface area (Å²) in [5.41, 5.74) is 1.89. The van der Waals surface area contributed by atoms with Crippen LogP contribution in [0, 0.1) is 11.8 Å². The van der Waals surface area contributed by atoms with E-state index in [9.17, 15) is 4.79 Å². The van der Waals surface area contributed by atoms with E-state index in [4.69, 9.17) is 5.11 Å². The molecule has 0 saturated heterocycles. The summed E-state index contributed by atoms with van der Waals surface area (Å²) in [5.74, 6) is 5.39. The number of hydrogen-bond donors (Lipinski definition) is 2. The predicted molar refractivity (Wildman–Crippen MR) is 85.3 cm³/mol. The standard InChI is InChI=1S/C17H17NO2S/c1-2-13-5-7-14(8-6-13)17(20)18-12-16-10-9-15(21-16)4-3-11-19/h5-10,19H,2,11-12H2,1H3,(H,18,20). The normalized spacial score (nSPS) is 9.81. The first-order valence-corrected chi connectivity index (χ1v) is 7.60. The van der Waals surface area contributed by atoms with Crippen molar-refractivity contribution >= 4 is 17.2 Å². The minimum Gasteiger partial charge on any atom is -0.384 e. The molecule has 1 aromatic carbocycles. The highest BCUT2D eigenvalue weighted by atomic mass is 32.1. The van der Waals surface area contributed by atoms with E-state index in [1.807, 2.05) is 36.4 Å². The molecule has 3 nitrogen and oxygen atoms in total. The van der Waals surface area contributed by atoms with Crippen LogP contribution in [0.3, 0.4) is 0 Å². The van der Waals surface area contributed by atoms with Crippen LogP contribution in [0.4, 0.5) is 0 Å². The second kappa shape index (κ2) is 7.63. The van der Waals surface area contributed by atoms with Crippen LogP contribution in [0.25, 0.3) is 0 Å². The highest BCUT2D eigenvalue weighted by Crippen LogP contribution is 2.15. The lowest BCUT2D eigenvalue weighted by atomic mass is 10.1. The number of carbonyl (C=O) groups excluding carboxylic acids is 1. The minimum absolute atomic E-state index is 0.0750. The molecule has 4 heteroatoms. The summed E-state index contributed by atoms with van der Waals surface area (Å²) in [6.45, 7) is 2.43. The number of carbonyl (C=O) groups is 1. The Hall–Kier alpha value is -2.09. The number of hydrogen-bond acceptors (Lipinski definition) is 3. The number of rotatable bonds is 4. The lowest BCUT2D eigenvalue weighted by molar-refractivity contribution is 0.0951. The first-order valence-electron chi connectivity index (χ1n) is 6.78. The molecule has 0 fully saturated rings. The summed E-state index contributed by atoms with van der Waals surface area (Å²) in [7, 11) is 0. The number of aliphatic hydroxyl groups excluding tert-OH is 1. The molecule has 0 radical (unpaired) electrons. The molecular weight excluding hydrogens is 282 g/mol. The highest BCUT2D eigenvalue weighted by molar-refractivity contribution is 7.12. The number of aliphatic hydroxyl groups is 1. The molecule has 0 aliphatic carbocycles. The van der Waals surface area contributed by atoms with Crippen LogP contribution in [0.5, 0.6) is 0 Å². The molecule has 0 spiro atoms. The van der Waals surface area contributed by atoms with Crippen LogP contribution in [0.2, 0.25) is 0 Å². The van der Waals surface area contributed by atoms with Crippen LogP contribution in [0.15, 0.2) is 36.4 Å². The first-order chi connectivity index (χ1) is 10.2. The van der Waals surface area contributed by atoms with Crippen LogP contribution in [0.1, 0.15) is 32.6 Å². The molecule has 1 aromatic heterocycles. The third-order valence-electron chi connectivity index (χ3n) is 3.00. The molecule has 2 aromatic rings. The van der Waals surface area contributed by atoms with Crippen LogP contribution in [-0.2, 0) is 13.0 Å². The quantitative estimate of drug-likeness (QED) is 0.853. The Morgan fingerprint density at radius 1 is 1.24 bits per heavy atom. The van der Waals surface area contributed by atoms with Gasteiger partial charge in [-0.2, -0.15) is 0 Å². The SMILES string of the molecule is CCc1ccc(C(=O)NCc2ccc(C#CCO)s2)cc1. The highest BCUT2D eigenvalue weighted by Gasteiger charge is 2.06. The Morgan fingerprint density at radius 3 is 2.67 bits per heavy atom. The van der Waals surface area contributed by atoms with Crippen LogP contribution < -0.4 is 5.32 Å². The fourth-order valence-electron chi connectivity index (χ4n) is 1.83. The Kier molecular flexibility index (Phi) is 5.56. The average molecular weight is 299 g/mol. The van der Waals surface area contributed by atoms with Gasteiger partial charge in [-0.1, -0.05) is 30.9 Å². The molecule has 0 saturated carbocycles. The zero-order chi connectivity index (χ0) is 15.1. The Labute approximate surface area is 128 Å². The molecule has 0 bridgehead atoms. The van der Waals surface area contributed by atoms with Gasteiger partial charge in [-0.25, -0.2) is 0 Å². The van der Waals surface area contributed by atoms with E-state index in [2.05, 4.69) is 24.1 Å². The van der Waals surface area contributed by atoms with Crippen molar-refractivity contribution in [3.8, 4) is 11.8 Å². The maximum atomic E-state index is 12.0. The number of aryl methyl sites for hydroxylation is 1. The van der Waals surface area contributed by atoms with E-state index in [1.165, 1.54) is 16.9 Å². The zero-order valence-corrected chi connectivity index (χ0v) is 12.7. The van der Waals surface area contributed by atoms with E-state index in [-0.39, 0.29) is 12.5 Å². The summed E-state index contributed by atoms with van der Waals surface area (Å²) in [6.07, 6.45) is 0.967. The third kappa shape index (κ3) is 4.45. The maximum Gasteiger partial charge on any atom is 0.251 e. The second-order valence-electron chi connectivity index (χ2n) is 4.46. The minimum atomic E-state index is -0.141. The van der Waals surface area contributed by atoms with Gasteiger partial charge in [0.1, 0.15) is 6.61 Å². The number of thiophene rings is 1. The van der Waals surface area contributed by atoms with Gasteiger partial charge in [-0.3, -0.25) is 4.79 Å². The lowest BCUT2D eigenvalue weighted by Crippen LogP contribution is -2.22. The Morgan fingerprint density at radius 2 is 2.00 bits per heavy atom. The molecule has 0 aliphatic rings. The van der Waals surface area contributed by atoms with E-state index in [0.29, 0.717) is 12.1 Å². The Balaban J connectivity index is 1.92. The van der Waals surface area contributed by atoms with Crippen molar-refractivity contribution in [2.75, 3.05) is 6.61 Å². The zero-order valence-electron chi connectivity index (χ0n) is 11.8. The number of amides is 1. The van der Waals surface area contributed by atoms with Gasteiger partial charge in [0.2, 0.25) is 0 Å². The van der Waals surface area contributed by atoms with Gasteiger partial charge in [0.05, 0.1) is 11.4 Å². The van der Waals surface area contributed by atoms with Crippen molar-refractivity contribution in [1.82, 2.24) is 5.32 Å². The average Bonchev–Trinajstić information content (AvgIpc) is 2.98. The lowest BCUT2D eigenvalue weighted by Gasteiger charge is -2.04. The van der Waals surface area contributed by atoms with E-state index >= 15 is 0 Å². The van der Waals surface area contributed by atoms with Gasteiger partial charge >= 0.3 is 0 Å². The van der Waals surface area contributed by atoms with Gasteiger partial charge in [0.25, 0.3) is 5.91 Å². The molecule has 0 aliphatic heterocycles. The monoisotopic (exact) mass is 299 g/mol. The third-order valence-corrected chi connectivity index (χ3v) is 4.00.